The highest BCUT2D eigenvalue weighted by atomic mass is 32.2. The second-order valence-electron chi connectivity index (χ2n) is 7.03. The Labute approximate surface area is 193 Å². The molecule has 0 unspecified atom stereocenters. The molecule has 3 aromatic rings. The van der Waals surface area contributed by atoms with Crippen LogP contribution in [-0.4, -0.2) is 22.0 Å². The van der Waals surface area contributed by atoms with Gasteiger partial charge >= 0.3 is 5.97 Å². The summed E-state index contributed by atoms with van der Waals surface area (Å²) in [6, 6.07) is 19.5. The van der Waals surface area contributed by atoms with Crippen molar-refractivity contribution in [2.45, 2.75) is 6.92 Å². The highest BCUT2D eigenvalue weighted by Crippen LogP contribution is 2.29. The molecule has 1 saturated heterocycles. The third-order valence-corrected chi connectivity index (χ3v) is 5.58. The van der Waals surface area contributed by atoms with Crippen molar-refractivity contribution in [1.82, 2.24) is 5.32 Å². The Morgan fingerprint density at radius 2 is 1.85 bits per heavy atom. The Morgan fingerprint density at radius 3 is 2.58 bits per heavy atom. The largest absolute Gasteiger partial charge is 0.423 e. The van der Waals surface area contributed by atoms with E-state index in [0.29, 0.717) is 10.1 Å². The van der Waals surface area contributed by atoms with Gasteiger partial charge in [-0.15, -0.1) is 0 Å². The fourth-order valence-corrected chi connectivity index (χ4v) is 3.81. The number of ether oxygens (including phenoxy) is 1. The van der Waals surface area contributed by atoms with Gasteiger partial charge in [0.05, 0.1) is 21.1 Å². The van der Waals surface area contributed by atoms with Crippen molar-refractivity contribution in [3.63, 3.8) is 0 Å². The molecule has 1 N–H and O–H groups in total. The summed E-state index contributed by atoms with van der Waals surface area (Å²) < 4.78 is 5.29. The minimum absolute atomic E-state index is 0.0786. The predicted octanol–water partition coefficient (Wildman–Crippen LogP) is 5.01. The maximum atomic E-state index is 12.3. The van der Waals surface area contributed by atoms with Gasteiger partial charge in [0, 0.05) is 12.1 Å². The number of nitrogens with one attached hydrogen (secondary N) is 1. The first-order valence-corrected chi connectivity index (χ1v) is 10.6. The van der Waals surface area contributed by atoms with Crippen molar-refractivity contribution in [3.8, 4) is 5.75 Å². The Hall–Kier alpha value is -4.24. The number of nitro benzene ring substituents is 1. The van der Waals surface area contributed by atoms with Gasteiger partial charge in [-0.25, -0.2) is 9.79 Å². The van der Waals surface area contributed by atoms with Crippen LogP contribution in [0, 0.1) is 17.0 Å². The number of aryl methyl sites for hydroxylation is 1. The molecule has 0 aromatic heterocycles. The van der Waals surface area contributed by atoms with E-state index in [4.69, 9.17) is 4.74 Å². The van der Waals surface area contributed by atoms with Gasteiger partial charge in [-0.3, -0.25) is 14.9 Å². The molecule has 0 spiro atoms. The summed E-state index contributed by atoms with van der Waals surface area (Å²) >= 11 is 1.24. The number of nitrogens with zero attached hydrogens (tertiary/aromatic N) is 2. The van der Waals surface area contributed by atoms with Crippen LogP contribution >= 0.6 is 11.8 Å². The topological polar surface area (TPSA) is 111 Å². The summed E-state index contributed by atoms with van der Waals surface area (Å²) in [5.41, 5.74) is 2.42. The van der Waals surface area contributed by atoms with Crippen LogP contribution in [0.4, 0.5) is 11.4 Å². The molecule has 33 heavy (non-hydrogen) atoms. The standard InChI is InChI=1S/C24H17N3O5S/c1-15-5-2-3-8-20(15)25-24-26-22(28)21(33-24)13-16-9-11-19(12-10-16)32-23(29)17-6-4-7-18(14-17)27(30)31/h2-14H,1H3,(H,25,26,28)/b21-13-. The molecule has 164 valence electrons. The van der Waals surface area contributed by atoms with Crippen molar-refractivity contribution in [2.24, 2.45) is 4.99 Å². The number of non-ortho nitro benzene ring substituents is 1. The quantitative estimate of drug-likeness (QED) is 0.189. The number of amides is 1. The normalized spacial score (nSPS) is 15.5. The molecule has 9 heteroatoms. The van der Waals surface area contributed by atoms with Gasteiger partial charge in [0.2, 0.25) is 0 Å². The molecule has 1 fully saturated rings. The number of esters is 1. The Morgan fingerprint density at radius 1 is 1.09 bits per heavy atom. The zero-order chi connectivity index (χ0) is 23.4. The van der Waals surface area contributed by atoms with Gasteiger partial charge in [0.25, 0.3) is 11.6 Å². The van der Waals surface area contributed by atoms with Crippen molar-refractivity contribution >= 4 is 46.3 Å². The Bertz CT molecular complexity index is 1320. The van der Waals surface area contributed by atoms with E-state index in [1.165, 1.54) is 30.0 Å². The number of rotatable bonds is 5. The Kier molecular flexibility index (Phi) is 6.32. The highest BCUT2D eigenvalue weighted by molar-refractivity contribution is 8.18. The van der Waals surface area contributed by atoms with E-state index in [1.807, 2.05) is 31.2 Å². The van der Waals surface area contributed by atoms with Crippen LogP contribution in [-0.2, 0) is 4.79 Å². The maximum Gasteiger partial charge on any atom is 0.343 e. The van der Waals surface area contributed by atoms with E-state index in [-0.39, 0.29) is 22.9 Å². The monoisotopic (exact) mass is 459 g/mol. The molecule has 1 aliphatic rings. The van der Waals surface area contributed by atoms with Crippen LogP contribution in [0.3, 0.4) is 0 Å². The molecule has 1 amide bonds. The fourth-order valence-electron chi connectivity index (χ4n) is 2.97. The number of hydrogen-bond acceptors (Lipinski definition) is 7. The summed E-state index contributed by atoms with van der Waals surface area (Å²) in [6.45, 7) is 1.95. The number of carbonyl (C=O) groups excluding carboxylic acids is 2. The Balaban J connectivity index is 1.44. The molecule has 1 aliphatic heterocycles. The fraction of sp³-hybridized carbons (Fsp3) is 0.0417. The molecule has 8 nitrogen and oxygen atoms in total. The molecule has 0 bridgehead atoms. The summed E-state index contributed by atoms with van der Waals surface area (Å²) in [5.74, 6) is -0.667. The van der Waals surface area contributed by atoms with E-state index in [0.717, 1.165) is 22.9 Å². The summed E-state index contributed by atoms with van der Waals surface area (Å²) in [7, 11) is 0. The van der Waals surface area contributed by atoms with Crippen molar-refractivity contribution < 1.29 is 19.2 Å². The van der Waals surface area contributed by atoms with Crippen LogP contribution in [0.1, 0.15) is 21.5 Å². The third kappa shape index (κ3) is 5.34. The number of aliphatic imine (C=N–C) groups is 1. The molecule has 0 atom stereocenters. The average Bonchev–Trinajstić information content (AvgIpc) is 3.15. The van der Waals surface area contributed by atoms with Gasteiger partial charge in [0.1, 0.15) is 5.75 Å². The van der Waals surface area contributed by atoms with Crippen LogP contribution in [0.15, 0.2) is 82.7 Å². The summed E-state index contributed by atoms with van der Waals surface area (Å²) in [5, 5.41) is 14.1. The van der Waals surface area contributed by atoms with Gasteiger partial charge < -0.3 is 10.1 Å². The number of carbonyl (C=O) groups is 2. The molecule has 0 aliphatic carbocycles. The molecule has 0 saturated carbocycles. The number of hydrogen-bond donors (Lipinski definition) is 1. The van der Waals surface area contributed by atoms with Crippen LogP contribution < -0.4 is 10.1 Å². The number of thioether (sulfide) groups is 1. The molecule has 1 heterocycles. The summed E-state index contributed by atoms with van der Waals surface area (Å²) in [6.07, 6.45) is 1.71. The van der Waals surface area contributed by atoms with E-state index < -0.39 is 10.9 Å². The summed E-state index contributed by atoms with van der Waals surface area (Å²) in [4.78, 5) is 39.9. The first kappa shape index (κ1) is 22.0. The zero-order valence-electron chi connectivity index (χ0n) is 17.3. The minimum atomic E-state index is -0.701. The number of amidine groups is 1. The van der Waals surface area contributed by atoms with Gasteiger partial charge in [0.15, 0.2) is 5.17 Å². The maximum absolute atomic E-state index is 12.3. The van der Waals surface area contributed by atoms with Gasteiger partial charge in [-0.1, -0.05) is 36.4 Å². The molecule has 3 aromatic carbocycles. The van der Waals surface area contributed by atoms with Crippen molar-refractivity contribution in [1.29, 1.82) is 0 Å². The van der Waals surface area contributed by atoms with E-state index in [1.54, 1.807) is 30.3 Å². The second-order valence-corrected chi connectivity index (χ2v) is 8.06. The molecular weight excluding hydrogens is 442 g/mol. The van der Waals surface area contributed by atoms with E-state index >= 15 is 0 Å². The SMILES string of the molecule is Cc1ccccc1N=C1NC(=O)/C(=C/c2ccc(OC(=O)c3cccc([N+](=O)[O-])c3)cc2)S1. The second kappa shape index (κ2) is 9.49. The van der Waals surface area contributed by atoms with E-state index in [9.17, 15) is 19.7 Å². The number of para-hydroxylation sites is 1. The van der Waals surface area contributed by atoms with E-state index in [2.05, 4.69) is 10.3 Å². The lowest BCUT2D eigenvalue weighted by Crippen LogP contribution is -2.19. The van der Waals surface area contributed by atoms with Crippen LogP contribution in [0.25, 0.3) is 6.08 Å². The minimum Gasteiger partial charge on any atom is -0.423 e. The van der Waals surface area contributed by atoms with Crippen LogP contribution in [0.5, 0.6) is 5.75 Å². The first-order chi connectivity index (χ1) is 15.9. The number of nitro groups is 1. The van der Waals surface area contributed by atoms with Crippen molar-refractivity contribution in [3.05, 3.63) is 105 Å². The highest BCUT2D eigenvalue weighted by Gasteiger charge is 2.24. The average molecular weight is 459 g/mol. The lowest BCUT2D eigenvalue weighted by molar-refractivity contribution is -0.384. The predicted molar refractivity (Wildman–Crippen MR) is 126 cm³/mol. The molecule has 4 rings (SSSR count). The van der Waals surface area contributed by atoms with Gasteiger partial charge in [-0.05, 0) is 60.2 Å². The van der Waals surface area contributed by atoms with Crippen molar-refractivity contribution in [2.75, 3.05) is 0 Å². The molecule has 0 radical (unpaired) electrons. The smallest absolute Gasteiger partial charge is 0.343 e. The zero-order valence-corrected chi connectivity index (χ0v) is 18.2. The first-order valence-electron chi connectivity index (χ1n) is 9.81. The molecular formula is C24H17N3O5S. The van der Waals surface area contributed by atoms with Gasteiger partial charge in [-0.2, -0.15) is 0 Å². The number of benzene rings is 3. The third-order valence-electron chi connectivity index (χ3n) is 4.67. The lowest BCUT2D eigenvalue weighted by atomic mass is 10.2. The lowest BCUT2D eigenvalue weighted by Gasteiger charge is -2.05. The van der Waals surface area contributed by atoms with Crippen LogP contribution in [0.2, 0.25) is 0 Å².